The SMILES string of the molecule is COc1cccc2sc(N(COCC[Si](C)(C)C)c3nnc(-c4ccc(OCCNC(=O)OC(C)(C)C)cc4)o3)nc12. The number of rotatable bonds is 13. The van der Waals surface area contributed by atoms with Gasteiger partial charge >= 0.3 is 12.1 Å². The molecule has 4 rings (SSSR count). The third-order valence-electron chi connectivity index (χ3n) is 5.82. The van der Waals surface area contributed by atoms with Crippen molar-refractivity contribution in [1.29, 1.82) is 0 Å². The molecular weight excluding hydrogens is 575 g/mol. The lowest BCUT2D eigenvalue weighted by molar-refractivity contribution is 0.0520. The zero-order chi connectivity index (χ0) is 30.3. The van der Waals surface area contributed by atoms with Gasteiger partial charge in [-0.3, -0.25) is 0 Å². The Balaban J connectivity index is 1.44. The van der Waals surface area contributed by atoms with Crippen LogP contribution in [0.5, 0.6) is 11.5 Å². The number of carbonyl (C=O) groups excluding carboxylic acids is 1. The van der Waals surface area contributed by atoms with Crippen molar-refractivity contribution in [2.45, 2.75) is 52.1 Å². The van der Waals surface area contributed by atoms with Gasteiger partial charge in [-0.05, 0) is 63.2 Å². The molecule has 1 N–H and O–H groups in total. The van der Waals surface area contributed by atoms with Crippen LogP contribution in [0.3, 0.4) is 0 Å². The first-order chi connectivity index (χ1) is 19.9. The van der Waals surface area contributed by atoms with Crippen molar-refractivity contribution in [2.24, 2.45) is 0 Å². The number of anilines is 2. The number of amides is 1. The predicted molar refractivity (Wildman–Crippen MR) is 167 cm³/mol. The minimum absolute atomic E-state index is 0.221. The number of nitrogens with one attached hydrogen (secondary N) is 1. The molecule has 0 saturated heterocycles. The zero-order valence-corrected chi connectivity index (χ0v) is 27.0. The number of methoxy groups -OCH3 is 1. The molecule has 0 aliphatic heterocycles. The number of ether oxygens (including phenoxy) is 4. The summed E-state index contributed by atoms with van der Waals surface area (Å²) in [6.07, 6.45) is -0.478. The van der Waals surface area contributed by atoms with E-state index in [4.69, 9.17) is 28.3 Å². The van der Waals surface area contributed by atoms with Crippen LogP contribution in [0.25, 0.3) is 21.7 Å². The summed E-state index contributed by atoms with van der Waals surface area (Å²) in [6, 6.07) is 14.4. The van der Waals surface area contributed by atoms with Crippen LogP contribution in [0.15, 0.2) is 46.9 Å². The number of benzene rings is 2. The zero-order valence-electron chi connectivity index (χ0n) is 25.2. The smallest absolute Gasteiger partial charge is 0.407 e. The quantitative estimate of drug-likeness (QED) is 0.0989. The van der Waals surface area contributed by atoms with Crippen molar-refractivity contribution in [3.8, 4) is 23.0 Å². The summed E-state index contributed by atoms with van der Waals surface area (Å²) >= 11 is 1.50. The second kappa shape index (κ2) is 13.5. The highest BCUT2D eigenvalue weighted by molar-refractivity contribution is 7.22. The monoisotopic (exact) mass is 613 g/mol. The highest BCUT2D eigenvalue weighted by Crippen LogP contribution is 2.37. The maximum Gasteiger partial charge on any atom is 0.407 e. The molecule has 0 spiro atoms. The molecule has 0 fully saturated rings. The summed E-state index contributed by atoms with van der Waals surface area (Å²) in [5, 5.41) is 11.9. The fourth-order valence-electron chi connectivity index (χ4n) is 3.69. The van der Waals surface area contributed by atoms with Gasteiger partial charge in [0.2, 0.25) is 5.89 Å². The maximum absolute atomic E-state index is 11.8. The maximum atomic E-state index is 11.8. The third-order valence-corrected chi connectivity index (χ3v) is 8.57. The van der Waals surface area contributed by atoms with E-state index in [-0.39, 0.29) is 12.7 Å². The minimum Gasteiger partial charge on any atom is -0.494 e. The molecule has 0 aliphatic carbocycles. The molecular formula is C29H39N5O6SSi. The number of alkyl carbamates (subject to hydrolysis) is 1. The first kappa shape index (κ1) is 31.3. The number of fused-ring (bicyclic) bond motifs is 1. The van der Waals surface area contributed by atoms with Gasteiger partial charge in [0.25, 0.3) is 0 Å². The standard InChI is InChI=1S/C29H39N5O6SSi/c1-29(2,3)40-28(35)30-15-16-38-21-13-11-20(12-14-21)25-32-33-26(39-25)34(19-37-17-18-42(5,6)7)27-31-24-22(36-4)9-8-10-23(24)41-27/h8-14H,15-19H2,1-7H3,(H,30,35). The lowest BCUT2D eigenvalue weighted by Crippen LogP contribution is -2.34. The van der Waals surface area contributed by atoms with Gasteiger partial charge in [-0.2, -0.15) is 0 Å². The molecule has 11 nitrogen and oxygen atoms in total. The summed E-state index contributed by atoms with van der Waals surface area (Å²) in [4.78, 5) is 18.4. The molecule has 4 aromatic rings. The van der Waals surface area contributed by atoms with Gasteiger partial charge in [-0.25, -0.2) is 14.7 Å². The highest BCUT2D eigenvalue weighted by Gasteiger charge is 2.23. The fraction of sp³-hybridized carbons (Fsp3) is 0.448. The van der Waals surface area contributed by atoms with Crippen LogP contribution in [-0.4, -0.2) is 68.5 Å². The Morgan fingerprint density at radius 3 is 2.52 bits per heavy atom. The molecule has 13 heteroatoms. The Bertz CT molecular complexity index is 1460. The third kappa shape index (κ3) is 8.91. The predicted octanol–water partition coefficient (Wildman–Crippen LogP) is 6.71. The van der Waals surface area contributed by atoms with Crippen LogP contribution in [0, 0.1) is 0 Å². The van der Waals surface area contributed by atoms with Gasteiger partial charge in [0.1, 0.15) is 36.0 Å². The lowest BCUT2D eigenvalue weighted by Gasteiger charge is -2.19. The van der Waals surface area contributed by atoms with Crippen LogP contribution in [0.1, 0.15) is 20.8 Å². The van der Waals surface area contributed by atoms with Crippen LogP contribution >= 0.6 is 11.3 Å². The fourth-order valence-corrected chi connectivity index (χ4v) is 5.41. The topological polar surface area (TPSA) is 121 Å². The second-order valence-electron chi connectivity index (χ2n) is 11.8. The van der Waals surface area contributed by atoms with Crippen molar-refractivity contribution >= 4 is 46.9 Å². The van der Waals surface area contributed by atoms with Crippen LogP contribution in [0.2, 0.25) is 25.7 Å². The molecule has 0 radical (unpaired) electrons. The van der Waals surface area contributed by atoms with Crippen LogP contribution in [-0.2, 0) is 9.47 Å². The van der Waals surface area contributed by atoms with Crippen LogP contribution in [0.4, 0.5) is 15.9 Å². The van der Waals surface area contributed by atoms with E-state index in [9.17, 15) is 4.79 Å². The van der Waals surface area contributed by atoms with Crippen molar-refractivity contribution < 1.29 is 28.2 Å². The van der Waals surface area contributed by atoms with Crippen molar-refractivity contribution in [2.75, 3.05) is 38.5 Å². The second-order valence-corrected chi connectivity index (χ2v) is 18.4. The van der Waals surface area contributed by atoms with Gasteiger partial charge in [0.05, 0.1) is 18.4 Å². The molecule has 42 heavy (non-hydrogen) atoms. The van der Waals surface area contributed by atoms with E-state index in [1.165, 1.54) is 11.3 Å². The number of thiazole rings is 1. The van der Waals surface area contributed by atoms with Gasteiger partial charge < -0.3 is 28.7 Å². The van der Waals surface area contributed by atoms with E-state index in [1.807, 2.05) is 63.2 Å². The molecule has 0 saturated carbocycles. The van der Waals surface area contributed by atoms with Gasteiger partial charge in [-0.15, -0.1) is 5.10 Å². The summed E-state index contributed by atoms with van der Waals surface area (Å²) < 4.78 is 29.6. The highest BCUT2D eigenvalue weighted by atomic mass is 32.1. The van der Waals surface area contributed by atoms with E-state index in [0.29, 0.717) is 42.3 Å². The molecule has 2 aromatic carbocycles. The molecule has 0 unspecified atom stereocenters. The number of para-hydroxylation sites is 1. The van der Waals surface area contributed by atoms with Crippen molar-refractivity contribution in [1.82, 2.24) is 20.5 Å². The Hall–Kier alpha value is -3.68. The minimum atomic E-state index is -1.25. The number of nitrogens with zero attached hydrogens (tertiary/aromatic N) is 4. The number of carbonyl (C=O) groups is 1. The normalized spacial score (nSPS) is 11.9. The summed E-state index contributed by atoms with van der Waals surface area (Å²) in [7, 11) is 0.377. The largest absolute Gasteiger partial charge is 0.494 e. The molecule has 2 heterocycles. The number of aromatic nitrogens is 3. The summed E-state index contributed by atoms with van der Waals surface area (Å²) in [6.45, 7) is 13.9. The molecule has 0 aliphatic rings. The van der Waals surface area contributed by atoms with Crippen LogP contribution < -0.4 is 19.7 Å². The number of hydrogen-bond donors (Lipinski definition) is 1. The molecule has 0 bridgehead atoms. The van der Waals surface area contributed by atoms with Gasteiger partial charge in [0, 0.05) is 20.2 Å². The summed E-state index contributed by atoms with van der Waals surface area (Å²) in [5.41, 5.74) is 0.956. The Morgan fingerprint density at radius 1 is 1.07 bits per heavy atom. The van der Waals surface area contributed by atoms with Crippen molar-refractivity contribution in [3.05, 3.63) is 42.5 Å². The Morgan fingerprint density at radius 2 is 1.83 bits per heavy atom. The molecule has 2 aromatic heterocycles. The van der Waals surface area contributed by atoms with E-state index < -0.39 is 19.8 Å². The van der Waals surface area contributed by atoms with E-state index >= 15 is 0 Å². The molecule has 1 amide bonds. The van der Waals surface area contributed by atoms with E-state index in [2.05, 4.69) is 35.2 Å². The summed E-state index contributed by atoms with van der Waals surface area (Å²) in [5.74, 6) is 1.70. The first-order valence-corrected chi connectivity index (χ1v) is 18.3. The molecule has 226 valence electrons. The number of hydrogen-bond acceptors (Lipinski definition) is 11. The van der Waals surface area contributed by atoms with Crippen molar-refractivity contribution in [3.63, 3.8) is 0 Å². The van der Waals surface area contributed by atoms with Gasteiger partial charge in [0.15, 0.2) is 5.13 Å². The average Bonchev–Trinajstić information content (AvgIpc) is 3.57. The molecule has 0 atom stereocenters. The van der Waals surface area contributed by atoms with Gasteiger partial charge in [-0.1, -0.05) is 42.1 Å². The lowest BCUT2D eigenvalue weighted by atomic mass is 10.2. The average molecular weight is 614 g/mol. The Labute approximate surface area is 251 Å². The van der Waals surface area contributed by atoms with E-state index in [1.54, 1.807) is 12.0 Å². The Kier molecular flexibility index (Phi) is 10.1. The first-order valence-electron chi connectivity index (χ1n) is 13.7. The van der Waals surface area contributed by atoms with E-state index in [0.717, 1.165) is 21.8 Å².